The zero-order valence-corrected chi connectivity index (χ0v) is 15.3. The molecule has 4 heteroatoms. The first kappa shape index (κ1) is 17.3. The third-order valence-corrected chi connectivity index (χ3v) is 5.27. The van der Waals surface area contributed by atoms with Gasteiger partial charge in [0.05, 0.1) is 12.1 Å². The molecule has 0 bridgehead atoms. The van der Waals surface area contributed by atoms with Crippen molar-refractivity contribution < 1.29 is 9.90 Å². The van der Waals surface area contributed by atoms with Crippen LogP contribution < -0.4 is 5.43 Å². The molecule has 0 aliphatic heterocycles. The van der Waals surface area contributed by atoms with Crippen LogP contribution in [-0.4, -0.2) is 16.7 Å². The SMILES string of the molecule is Cc1c(O)ccc2c1CCC/C2=N/NC(=O)Cc1cccc2ccccc12. The van der Waals surface area contributed by atoms with Gasteiger partial charge in [0, 0.05) is 5.56 Å². The van der Waals surface area contributed by atoms with Crippen molar-refractivity contribution in [2.75, 3.05) is 0 Å². The quantitative estimate of drug-likeness (QED) is 0.688. The Labute approximate surface area is 158 Å². The van der Waals surface area contributed by atoms with Gasteiger partial charge in [-0.2, -0.15) is 5.10 Å². The van der Waals surface area contributed by atoms with Crippen molar-refractivity contribution in [3.05, 3.63) is 76.9 Å². The van der Waals surface area contributed by atoms with Crippen molar-refractivity contribution in [3.8, 4) is 5.75 Å². The Morgan fingerprint density at radius 2 is 1.89 bits per heavy atom. The van der Waals surface area contributed by atoms with Crippen LogP contribution in [0.1, 0.15) is 35.1 Å². The van der Waals surface area contributed by atoms with Crippen LogP contribution in [0, 0.1) is 6.92 Å². The summed E-state index contributed by atoms with van der Waals surface area (Å²) in [5.41, 5.74) is 7.67. The van der Waals surface area contributed by atoms with Crippen molar-refractivity contribution in [3.63, 3.8) is 0 Å². The van der Waals surface area contributed by atoms with Crippen molar-refractivity contribution >= 4 is 22.4 Å². The molecule has 0 atom stereocenters. The lowest BCUT2D eigenvalue weighted by atomic mass is 9.87. The number of hydrogen-bond donors (Lipinski definition) is 2. The minimum Gasteiger partial charge on any atom is -0.508 e. The molecule has 1 amide bonds. The number of phenols is 1. The summed E-state index contributed by atoms with van der Waals surface area (Å²) in [5, 5.41) is 16.6. The normalized spacial score (nSPS) is 14.9. The zero-order chi connectivity index (χ0) is 18.8. The van der Waals surface area contributed by atoms with Crippen LogP contribution in [-0.2, 0) is 17.6 Å². The average Bonchev–Trinajstić information content (AvgIpc) is 2.69. The highest BCUT2D eigenvalue weighted by molar-refractivity contribution is 6.03. The van der Waals surface area contributed by atoms with Gasteiger partial charge in [0.15, 0.2) is 0 Å². The molecule has 0 radical (unpaired) electrons. The van der Waals surface area contributed by atoms with Crippen molar-refractivity contribution in [2.45, 2.75) is 32.6 Å². The number of amides is 1. The molecule has 4 rings (SSSR count). The maximum Gasteiger partial charge on any atom is 0.244 e. The number of rotatable bonds is 3. The minimum absolute atomic E-state index is 0.124. The van der Waals surface area contributed by atoms with Crippen molar-refractivity contribution in [1.82, 2.24) is 5.43 Å². The molecule has 1 aliphatic rings. The molecule has 1 aliphatic carbocycles. The van der Waals surface area contributed by atoms with Gasteiger partial charge in [0.2, 0.25) is 5.91 Å². The first-order valence-electron chi connectivity index (χ1n) is 9.27. The van der Waals surface area contributed by atoms with Crippen LogP contribution in [0.4, 0.5) is 0 Å². The van der Waals surface area contributed by atoms with E-state index in [1.807, 2.05) is 55.5 Å². The van der Waals surface area contributed by atoms with E-state index in [2.05, 4.69) is 10.5 Å². The number of carbonyl (C=O) groups is 1. The minimum atomic E-state index is -0.124. The van der Waals surface area contributed by atoms with Gasteiger partial charge in [0.1, 0.15) is 5.75 Å². The fraction of sp³-hybridized carbons (Fsp3) is 0.217. The van der Waals surface area contributed by atoms with Crippen LogP contribution in [0.5, 0.6) is 5.75 Å². The van der Waals surface area contributed by atoms with E-state index in [0.717, 1.165) is 58.0 Å². The van der Waals surface area contributed by atoms with Gasteiger partial charge in [-0.15, -0.1) is 0 Å². The Hall–Kier alpha value is -3.14. The second kappa shape index (κ2) is 7.23. The summed E-state index contributed by atoms with van der Waals surface area (Å²) in [7, 11) is 0. The molecule has 0 aromatic heterocycles. The smallest absolute Gasteiger partial charge is 0.244 e. The van der Waals surface area contributed by atoms with Gasteiger partial charge in [-0.05, 0) is 65.8 Å². The fourth-order valence-electron chi connectivity index (χ4n) is 3.81. The third kappa shape index (κ3) is 3.43. The molecule has 27 heavy (non-hydrogen) atoms. The van der Waals surface area contributed by atoms with E-state index in [1.165, 1.54) is 0 Å². The Bertz CT molecular complexity index is 1050. The predicted octanol–water partition coefficient (Wildman–Crippen LogP) is 4.25. The molecule has 0 unspecified atom stereocenters. The van der Waals surface area contributed by atoms with Gasteiger partial charge in [-0.3, -0.25) is 4.79 Å². The standard InChI is InChI=1S/C23H22N2O2/c1-15-18-10-5-11-21(20(18)12-13-22(15)26)24-25-23(27)14-17-8-4-7-16-6-2-3-9-19(16)17/h2-4,6-9,12-13,26H,5,10-11,14H2,1H3,(H,25,27)/b24-21-. The number of hydrogen-bond acceptors (Lipinski definition) is 3. The summed E-state index contributed by atoms with van der Waals surface area (Å²) in [5.74, 6) is 0.191. The number of aromatic hydroxyl groups is 1. The van der Waals surface area contributed by atoms with E-state index >= 15 is 0 Å². The van der Waals surface area contributed by atoms with Crippen molar-refractivity contribution in [1.29, 1.82) is 0 Å². The highest BCUT2D eigenvalue weighted by Gasteiger charge is 2.19. The monoisotopic (exact) mass is 358 g/mol. The number of fused-ring (bicyclic) bond motifs is 2. The topological polar surface area (TPSA) is 61.7 Å². The summed E-state index contributed by atoms with van der Waals surface area (Å²) < 4.78 is 0. The van der Waals surface area contributed by atoms with Crippen molar-refractivity contribution in [2.24, 2.45) is 5.10 Å². The lowest BCUT2D eigenvalue weighted by molar-refractivity contribution is -0.120. The van der Waals surface area contributed by atoms with Gasteiger partial charge >= 0.3 is 0 Å². The summed E-state index contributed by atoms with van der Waals surface area (Å²) >= 11 is 0. The van der Waals surface area contributed by atoms with E-state index in [0.29, 0.717) is 12.2 Å². The third-order valence-electron chi connectivity index (χ3n) is 5.27. The van der Waals surface area contributed by atoms with E-state index < -0.39 is 0 Å². The van der Waals surface area contributed by atoms with E-state index in [9.17, 15) is 9.90 Å². The number of carbonyl (C=O) groups excluding carboxylic acids is 1. The van der Waals surface area contributed by atoms with Crippen LogP contribution in [0.15, 0.2) is 59.7 Å². The predicted molar refractivity (Wildman–Crippen MR) is 108 cm³/mol. The van der Waals surface area contributed by atoms with Gasteiger partial charge in [0.25, 0.3) is 0 Å². The van der Waals surface area contributed by atoms with E-state index in [4.69, 9.17) is 0 Å². The molecule has 3 aromatic rings. The maximum absolute atomic E-state index is 12.5. The Balaban J connectivity index is 1.54. The van der Waals surface area contributed by atoms with Gasteiger partial charge in [-0.1, -0.05) is 42.5 Å². The molecular formula is C23H22N2O2. The van der Waals surface area contributed by atoms with Crippen LogP contribution >= 0.6 is 0 Å². The largest absolute Gasteiger partial charge is 0.508 e. The molecule has 2 N–H and O–H groups in total. The Morgan fingerprint density at radius 1 is 1.07 bits per heavy atom. The molecule has 0 fully saturated rings. The summed E-state index contributed by atoms with van der Waals surface area (Å²) in [6.45, 7) is 1.93. The van der Waals surface area contributed by atoms with Crippen LogP contribution in [0.2, 0.25) is 0 Å². The summed E-state index contributed by atoms with van der Waals surface area (Å²) in [6, 6.07) is 17.7. The number of benzene rings is 3. The molecule has 0 saturated carbocycles. The zero-order valence-electron chi connectivity index (χ0n) is 15.3. The van der Waals surface area contributed by atoms with E-state index in [-0.39, 0.29) is 5.91 Å². The molecule has 0 saturated heterocycles. The molecule has 0 heterocycles. The molecule has 4 nitrogen and oxygen atoms in total. The van der Waals surface area contributed by atoms with Gasteiger partial charge < -0.3 is 5.11 Å². The Morgan fingerprint density at radius 3 is 2.78 bits per heavy atom. The maximum atomic E-state index is 12.5. The summed E-state index contributed by atoms with van der Waals surface area (Å²) in [4.78, 5) is 12.5. The highest BCUT2D eigenvalue weighted by Crippen LogP contribution is 2.30. The number of hydrazone groups is 1. The second-order valence-corrected chi connectivity index (χ2v) is 7.00. The average molecular weight is 358 g/mol. The van der Waals surface area contributed by atoms with E-state index in [1.54, 1.807) is 6.07 Å². The highest BCUT2D eigenvalue weighted by atomic mass is 16.3. The fourth-order valence-corrected chi connectivity index (χ4v) is 3.81. The number of nitrogens with one attached hydrogen (secondary N) is 1. The number of phenolic OH excluding ortho intramolecular Hbond substituents is 1. The molecule has 0 spiro atoms. The second-order valence-electron chi connectivity index (χ2n) is 7.00. The number of nitrogens with zero attached hydrogens (tertiary/aromatic N) is 1. The summed E-state index contributed by atoms with van der Waals surface area (Å²) in [6.07, 6.45) is 3.01. The van der Waals surface area contributed by atoms with Crippen LogP contribution in [0.3, 0.4) is 0 Å². The lowest BCUT2D eigenvalue weighted by Gasteiger charge is -2.20. The first-order chi connectivity index (χ1) is 13.1. The van der Waals surface area contributed by atoms with Crippen LogP contribution in [0.25, 0.3) is 10.8 Å². The Kier molecular flexibility index (Phi) is 4.63. The molecule has 136 valence electrons. The van der Waals surface area contributed by atoms with Gasteiger partial charge in [-0.25, -0.2) is 5.43 Å². The molecule has 3 aromatic carbocycles. The lowest BCUT2D eigenvalue weighted by Crippen LogP contribution is -2.23. The first-order valence-corrected chi connectivity index (χ1v) is 9.27. The molecular weight excluding hydrogens is 336 g/mol.